The maximum absolute atomic E-state index is 10.4. The Morgan fingerprint density at radius 3 is 2.44 bits per heavy atom. The summed E-state index contributed by atoms with van der Waals surface area (Å²) in [5.41, 5.74) is 3.74. The fourth-order valence-corrected chi connectivity index (χ4v) is 2.26. The number of carbonyl (C=O) groups excluding carboxylic acids is 1. The van der Waals surface area contributed by atoms with Gasteiger partial charge in [-0.2, -0.15) is 4.99 Å². The molecule has 0 amide bonds. The molecular formula is C14H17NO. The summed E-state index contributed by atoms with van der Waals surface area (Å²) >= 11 is 0. The highest BCUT2D eigenvalue weighted by molar-refractivity contribution is 5.43. The van der Waals surface area contributed by atoms with Gasteiger partial charge in [-0.15, -0.1) is 0 Å². The maximum atomic E-state index is 10.4. The highest BCUT2D eigenvalue weighted by Crippen LogP contribution is 2.49. The molecule has 1 aliphatic rings. The first-order valence-corrected chi connectivity index (χ1v) is 5.97. The second-order valence-corrected chi connectivity index (χ2v) is 4.43. The molecule has 1 fully saturated rings. The summed E-state index contributed by atoms with van der Waals surface area (Å²) in [5, 5.41) is 0. The summed E-state index contributed by atoms with van der Waals surface area (Å²) in [6, 6.07) is 6.51. The zero-order chi connectivity index (χ0) is 11.6. The van der Waals surface area contributed by atoms with Crippen LogP contribution >= 0.6 is 0 Å². The van der Waals surface area contributed by atoms with Gasteiger partial charge in [-0.1, -0.05) is 32.0 Å². The third-order valence-electron chi connectivity index (χ3n) is 3.49. The molecule has 0 saturated heterocycles. The highest BCUT2D eigenvalue weighted by Gasteiger charge is 2.44. The van der Waals surface area contributed by atoms with Crippen LogP contribution in [-0.4, -0.2) is 6.08 Å². The molecule has 2 nitrogen and oxygen atoms in total. The van der Waals surface area contributed by atoms with Gasteiger partial charge >= 0.3 is 0 Å². The Bertz CT molecular complexity index is 440. The molecule has 1 aliphatic carbocycles. The molecule has 16 heavy (non-hydrogen) atoms. The molecule has 0 N–H and O–H groups in total. The van der Waals surface area contributed by atoms with E-state index in [0.29, 0.717) is 0 Å². The predicted octanol–water partition coefficient (Wildman–Crippen LogP) is 3.14. The van der Waals surface area contributed by atoms with Gasteiger partial charge in [-0.25, -0.2) is 4.79 Å². The van der Waals surface area contributed by atoms with Crippen LogP contribution in [0.25, 0.3) is 0 Å². The Balaban J connectivity index is 2.40. The second kappa shape index (κ2) is 4.23. The van der Waals surface area contributed by atoms with Crippen molar-refractivity contribution in [2.45, 2.75) is 45.1 Å². The van der Waals surface area contributed by atoms with E-state index in [9.17, 15) is 4.79 Å². The smallest absolute Gasteiger partial charge is 0.211 e. The van der Waals surface area contributed by atoms with Crippen molar-refractivity contribution in [2.75, 3.05) is 0 Å². The number of nitrogens with zero attached hydrogens (tertiary/aromatic N) is 1. The van der Waals surface area contributed by atoms with Crippen molar-refractivity contribution >= 4 is 6.08 Å². The number of isocyanates is 1. The Kier molecular flexibility index (Phi) is 2.93. The van der Waals surface area contributed by atoms with E-state index in [1.807, 2.05) is 0 Å². The number of aryl methyl sites for hydroxylation is 2. The molecule has 0 aromatic heterocycles. The molecule has 0 unspecified atom stereocenters. The van der Waals surface area contributed by atoms with Gasteiger partial charge < -0.3 is 0 Å². The van der Waals surface area contributed by atoms with Gasteiger partial charge in [0.1, 0.15) is 0 Å². The van der Waals surface area contributed by atoms with Crippen LogP contribution in [0.1, 0.15) is 43.4 Å². The first-order valence-electron chi connectivity index (χ1n) is 5.97. The quantitative estimate of drug-likeness (QED) is 0.560. The van der Waals surface area contributed by atoms with E-state index in [0.717, 1.165) is 25.7 Å². The van der Waals surface area contributed by atoms with Crippen LogP contribution in [0.15, 0.2) is 23.2 Å². The van der Waals surface area contributed by atoms with Crippen LogP contribution in [0.3, 0.4) is 0 Å². The number of hydrogen-bond donors (Lipinski definition) is 0. The summed E-state index contributed by atoms with van der Waals surface area (Å²) in [6.45, 7) is 4.34. The lowest BCUT2D eigenvalue weighted by Crippen LogP contribution is -2.04. The summed E-state index contributed by atoms with van der Waals surface area (Å²) in [6.07, 6.45) is 5.78. The van der Waals surface area contributed by atoms with Gasteiger partial charge in [-0.3, -0.25) is 0 Å². The van der Waals surface area contributed by atoms with Gasteiger partial charge in [0.25, 0.3) is 0 Å². The Hall–Kier alpha value is -1.40. The highest BCUT2D eigenvalue weighted by atomic mass is 16.1. The molecule has 0 spiro atoms. The third kappa shape index (κ3) is 1.81. The van der Waals surface area contributed by atoms with Gasteiger partial charge in [0, 0.05) is 0 Å². The number of aliphatic imine (C=N–C) groups is 1. The van der Waals surface area contributed by atoms with Crippen molar-refractivity contribution in [3.05, 3.63) is 34.9 Å². The topological polar surface area (TPSA) is 29.4 Å². The van der Waals surface area contributed by atoms with E-state index in [1.165, 1.54) is 16.7 Å². The lowest BCUT2D eigenvalue weighted by molar-refractivity contribution is 0.556. The SMILES string of the molecule is CCc1ccc(C2(N=C=O)CC2)cc1CC. The minimum Gasteiger partial charge on any atom is -0.211 e. The number of rotatable bonds is 4. The lowest BCUT2D eigenvalue weighted by Gasteiger charge is -2.12. The zero-order valence-electron chi connectivity index (χ0n) is 9.92. The van der Waals surface area contributed by atoms with Gasteiger partial charge in [-0.05, 0) is 42.4 Å². The molecule has 0 radical (unpaired) electrons. The molecule has 1 aromatic rings. The number of hydrogen-bond acceptors (Lipinski definition) is 2. The molecule has 0 bridgehead atoms. The van der Waals surface area contributed by atoms with Crippen LogP contribution in [-0.2, 0) is 23.2 Å². The van der Waals surface area contributed by atoms with Crippen LogP contribution in [0.5, 0.6) is 0 Å². The second-order valence-electron chi connectivity index (χ2n) is 4.43. The average Bonchev–Trinajstić information content (AvgIpc) is 3.09. The molecule has 0 atom stereocenters. The summed E-state index contributed by atoms with van der Waals surface area (Å²) in [7, 11) is 0. The minimum atomic E-state index is -0.224. The first kappa shape index (κ1) is 11.1. The van der Waals surface area contributed by atoms with E-state index in [2.05, 4.69) is 37.0 Å². The fourth-order valence-electron chi connectivity index (χ4n) is 2.26. The van der Waals surface area contributed by atoms with Crippen LogP contribution < -0.4 is 0 Å². The van der Waals surface area contributed by atoms with E-state index < -0.39 is 0 Å². The zero-order valence-corrected chi connectivity index (χ0v) is 9.92. The molecule has 1 saturated carbocycles. The Morgan fingerprint density at radius 1 is 1.25 bits per heavy atom. The molecule has 2 rings (SSSR count). The maximum Gasteiger partial charge on any atom is 0.235 e. The molecule has 0 aliphatic heterocycles. The standard InChI is InChI=1S/C14H17NO/c1-3-11-5-6-13(9-12(11)4-2)14(7-8-14)15-10-16/h5-6,9H,3-4,7-8H2,1-2H3. The van der Waals surface area contributed by atoms with Crippen molar-refractivity contribution in [2.24, 2.45) is 4.99 Å². The minimum absolute atomic E-state index is 0.224. The molecule has 0 heterocycles. The Morgan fingerprint density at radius 2 is 1.94 bits per heavy atom. The van der Waals surface area contributed by atoms with Gasteiger partial charge in [0.05, 0.1) is 5.54 Å². The van der Waals surface area contributed by atoms with E-state index >= 15 is 0 Å². The van der Waals surface area contributed by atoms with Crippen molar-refractivity contribution in [3.8, 4) is 0 Å². The average molecular weight is 215 g/mol. The van der Waals surface area contributed by atoms with Crippen LogP contribution in [0.4, 0.5) is 0 Å². The van der Waals surface area contributed by atoms with Crippen molar-refractivity contribution in [1.29, 1.82) is 0 Å². The first-order chi connectivity index (χ1) is 7.75. The van der Waals surface area contributed by atoms with Crippen molar-refractivity contribution < 1.29 is 4.79 Å². The molecule has 84 valence electrons. The molecule has 1 aromatic carbocycles. The predicted molar refractivity (Wildman–Crippen MR) is 64.2 cm³/mol. The third-order valence-corrected chi connectivity index (χ3v) is 3.49. The Labute approximate surface area is 96.4 Å². The molecule has 2 heteroatoms. The van der Waals surface area contributed by atoms with Crippen molar-refractivity contribution in [3.63, 3.8) is 0 Å². The lowest BCUT2D eigenvalue weighted by atomic mass is 9.96. The van der Waals surface area contributed by atoms with E-state index in [-0.39, 0.29) is 5.54 Å². The normalized spacial score (nSPS) is 16.6. The van der Waals surface area contributed by atoms with Crippen LogP contribution in [0.2, 0.25) is 0 Å². The van der Waals surface area contributed by atoms with Crippen molar-refractivity contribution in [1.82, 2.24) is 0 Å². The van der Waals surface area contributed by atoms with E-state index in [4.69, 9.17) is 0 Å². The monoisotopic (exact) mass is 215 g/mol. The summed E-state index contributed by atoms with van der Waals surface area (Å²) in [5.74, 6) is 0. The number of benzene rings is 1. The van der Waals surface area contributed by atoms with Gasteiger partial charge in [0.2, 0.25) is 6.08 Å². The van der Waals surface area contributed by atoms with Crippen LogP contribution in [0, 0.1) is 0 Å². The summed E-state index contributed by atoms with van der Waals surface area (Å²) < 4.78 is 0. The van der Waals surface area contributed by atoms with Gasteiger partial charge in [0.15, 0.2) is 0 Å². The van der Waals surface area contributed by atoms with E-state index in [1.54, 1.807) is 6.08 Å². The fraction of sp³-hybridized carbons (Fsp3) is 0.500. The summed E-state index contributed by atoms with van der Waals surface area (Å²) in [4.78, 5) is 14.4. The largest absolute Gasteiger partial charge is 0.235 e. The molecular weight excluding hydrogens is 198 g/mol.